The van der Waals surface area contributed by atoms with E-state index in [1.54, 1.807) is 17.8 Å². The molecule has 2 rings (SSSR count). The number of carbonyl (C=O) groups is 1. The molecule has 2 aromatic rings. The standard InChI is InChI=1S/C14H10BrFO2S/c15-11-3-1-2-4-13(11)19-8-9-5-6-12(16)10(7-9)14(17)18/h1-7H,8H2,(H,17,18). The smallest absolute Gasteiger partial charge is 0.338 e. The molecule has 0 fully saturated rings. The lowest BCUT2D eigenvalue weighted by Gasteiger charge is -2.05. The summed E-state index contributed by atoms with van der Waals surface area (Å²) in [5, 5.41) is 8.87. The number of hydrogen-bond donors (Lipinski definition) is 1. The molecule has 0 aliphatic heterocycles. The zero-order valence-electron chi connectivity index (χ0n) is 9.77. The van der Waals surface area contributed by atoms with Crippen molar-refractivity contribution >= 4 is 33.7 Å². The number of rotatable bonds is 4. The van der Waals surface area contributed by atoms with Crippen molar-refractivity contribution in [2.24, 2.45) is 0 Å². The topological polar surface area (TPSA) is 37.3 Å². The third kappa shape index (κ3) is 3.58. The lowest BCUT2D eigenvalue weighted by atomic mass is 10.1. The molecule has 0 saturated heterocycles. The van der Waals surface area contributed by atoms with Gasteiger partial charge in [-0.25, -0.2) is 9.18 Å². The predicted octanol–water partition coefficient (Wildman–Crippen LogP) is 4.58. The molecular weight excluding hydrogens is 331 g/mol. The van der Waals surface area contributed by atoms with Gasteiger partial charge in [-0.2, -0.15) is 0 Å². The molecular formula is C14H10BrFO2S. The van der Waals surface area contributed by atoms with Crippen LogP contribution in [0.2, 0.25) is 0 Å². The molecule has 2 aromatic carbocycles. The number of hydrogen-bond acceptors (Lipinski definition) is 2. The number of benzene rings is 2. The van der Waals surface area contributed by atoms with Gasteiger partial charge in [0.15, 0.2) is 0 Å². The molecule has 0 radical (unpaired) electrons. The molecule has 0 saturated carbocycles. The monoisotopic (exact) mass is 340 g/mol. The lowest BCUT2D eigenvalue weighted by Crippen LogP contribution is -2.01. The molecule has 0 aliphatic rings. The number of carboxylic acid groups (broad SMARTS) is 1. The molecule has 0 amide bonds. The summed E-state index contributed by atoms with van der Waals surface area (Å²) in [4.78, 5) is 11.9. The molecule has 2 nitrogen and oxygen atoms in total. The Kier molecular flexibility index (Phi) is 4.61. The molecule has 0 bridgehead atoms. The minimum absolute atomic E-state index is 0.287. The van der Waals surface area contributed by atoms with E-state index >= 15 is 0 Å². The molecule has 0 spiro atoms. The zero-order valence-corrected chi connectivity index (χ0v) is 12.2. The molecule has 0 unspecified atom stereocenters. The van der Waals surface area contributed by atoms with Crippen molar-refractivity contribution in [2.45, 2.75) is 10.6 Å². The van der Waals surface area contributed by atoms with Crippen molar-refractivity contribution in [3.05, 3.63) is 63.9 Å². The van der Waals surface area contributed by atoms with E-state index in [1.165, 1.54) is 12.1 Å². The summed E-state index contributed by atoms with van der Waals surface area (Å²) < 4.78 is 14.2. The average Bonchev–Trinajstić information content (AvgIpc) is 2.39. The molecule has 98 valence electrons. The normalized spacial score (nSPS) is 10.4. The minimum atomic E-state index is -1.25. The van der Waals surface area contributed by atoms with E-state index in [-0.39, 0.29) is 5.56 Å². The highest BCUT2D eigenvalue weighted by molar-refractivity contribution is 9.10. The van der Waals surface area contributed by atoms with Crippen LogP contribution in [-0.4, -0.2) is 11.1 Å². The van der Waals surface area contributed by atoms with Crippen LogP contribution >= 0.6 is 27.7 Å². The molecule has 0 aliphatic carbocycles. The Hall–Kier alpha value is -1.33. The van der Waals surface area contributed by atoms with Gasteiger partial charge in [0.25, 0.3) is 0 Å². The first-order valence-corrected chi connectivity index (χ1v) is 7.25. The maximum Gasteiger partial charge on any atom is 0.338 e. The Morgan fingerprint density at radius 1 is 1.26 bits per heavy atom. The van der Waals surface area contributed by atoms with Gasteiger partial charge in [0.1, 0.15) is 5.82 Å². The molecule has 1 N–H and O–H groups in total. The quantitative estimate of drug-likeness (QED) is 0.827. The second-order valence-corrected chi connectivity index (χ2v) is 5.71. The first-order valence-electron chi connectivity index (χ1n) is 5.47. The van der Waals surface area contributed by atoms with Crippen molar-refractivity contribution in [3.63, 3.8) is 0 Å². The van der Waals surface area contributed by atoms with Gasteiger partial charge in [0.2, 0.25) is 0 Å². The van der Waals surface area contributed by atoms with Gasteiger partial charge in [-0.1, -0.05) is 18.2 Å². The van der Waals surface area contributed by atoms with Crippen LogP contribution in [0.3, 0.4) is 0 Å². The fourth-order valence-corrected chi connectivity index (χ4v) is 3.06. The first-order chi connectivity index (χ1) is 9.08. The van der Waals surface area contributed by atoms with Crippen molar-refractivity contribution in [1.29, 1.82) is 0 Å². The van der Waals surface area contributed by atoms with E-state index in [4.69, 9.17) is 5.11 Å². The van der Waals surface area contributed by atoms with Gasteiger partial charge < -0.3 is 5.11 Å². The van der Waals surface area contributed by atoms with Gasteiger partial charge in [-0.3, -0.25) is 0 Å². The minimum Gasteiger partial charge on any atom is -0.478 e. The SMILES string of the molecule is O=C(O)c1cc(CSc2ccccc2Br)ccc1F. The largest absolute Gasteiger partial charge is 0.478 e. The van der Waals surface area contributed by atoms with E-state index in [0.717, 1.165) is 14.9 Å². The van der Waals surface area contributed by atoms with E-state index in [9.17, 15) is 9.18 Å². The van der Waals surface area contributed by atoms with Crippen molar-refractivity contribution in [1.82, 2.24) is 0 Å². The van der Waals surface area contributed by atoms with Crippen LogP contribution in [0.25, 0.3) is 0 Å². The lowest BCUT2D eigenvalue weighted by molar-refractivity contribution is 0.0692. The Balaban J connectivity index is 2.14. The van der Waals surface area contributed by atoms with Gasteiger partial charge >= 0.3 is 5.97 Å². The number of halogens is 2. The summed E-state index contributed by atoms with van der Waals surface area (Å²) in [7, 11) is 0. The Bertz CT molecular complexity index is 616. The average molecular weight is 341 g/mol. The highest BCUT2D eigenvalue weighted by Gasteiger charge is 2.11. The van der Waals surface area contributed by atoms with Gasteiger partial charge in [0, 0.05) is 15.1 Å². The maximum absolute atomic E-state index is 13.3. The fourth-order valence-electron chi connectivity index (χ4n) is 1.55. The molecule has 0 atom stereocenters. The van der Waals surface area contributed by atoms with Crippen molar-refractivity contribution in [2.75, 3.05) is 0 Å². The Labute approximate surface area is 122 Å². The fraction of sp³-hybridized carbons (Fsp3) is 0.0714. The predicted molar refractivity (Wildman–Crippen MR) is 77.1 cm³/mol. The first kappa shape index (κ1) is 14.1. The van der Waals surface area contributed by atoms with Crippen LogP contribution in [0.1, 0.15) is 15.9 Å². The van der Waals surface area contributed by atoms with E-state index in [0.29, 0.717) is 5.75 Å². The summed E-state index contributed by atoms with van der Waals surface area (Å²) in [5.74, 6) is -1.37. The van der Waals surface area contributed by atoms with Crippen LogP contribution in [-0.2, 0) is 5.75 Å². The second-order valence-electron chi connectivity index (χ2n) is 3.84. The van der Waals surface area contributed by atoms with E-state index in [2.05, 4.69) is 15.9 Å². The molecule has 5 heteroatoms. The van der Waals surface area contributed by atoms with Crippen LogP contribution in [0.4, 0.5) is 4.39 Å². The molecule has 19 heavy (non-hydrogen) atoms. The summed E-state index contributed by atoms with van der Waals surface area (Å²) in [6.07, 6.45) is 0. The van der Waals surface area contributed by atoms with E-state index in [1.807, 2.05) is 24.3 Å². The second kappa shape index (κ2) is 6.21. The number of aromatic carboxylic acids is 1. The summed E-state index contributed by atoms with van der Waals surface area (Å²) >= 11 is 5.01. The zero-order chi connectivity index (χ0) is 13.8. The number of thioether (sulfide) groups is 1. The van der Waals surface area contributed by atoms with Crippen molar-refractivity contribution < 1.29 is 14.3 Å². The van der Waals surface area contributed by atoms with Gasteiger partial charge in [-0.15, -0.1) is 11.8 Å². The third-order valence-corrected chi connectivity index (χ3v) is 4.59. The van der Waals surface area contributed by atoms with Crippen LogP contribution in [0.15, 0.2) is 51.8 Å². The molecule has 0 heterocycles. The highest BCUT2D eigenvalue weighted by atomic mass is 79.9. The summed E-state index contributed by atoms with van der Waals surface area (Å²) in [6.45, 7) is 0. The van der Waals surface area contributed by atoms with Crippen molar-refractivity contribution in [3.8, 4) is 0 Å². The molecule has 0 aromatic heterocycles. The van der Waals surface area contributed by atoms with Crippen LogP contribution in [0, 0.1) is 5.82 Å². The summed E-state index contributed by atoms with van der Waals surface area (Å²) in [6, 6.07) is 11.9. The summed E-state index contributed by atoms with van der Waals surface area (Å²) in [5.41, 5.74) is 0.491. The van der Waals surface area contributed by atoms with E-state index < -0.39 is 11.8 Å². The highest BCUT2D eigenvalue weighted by Crippen LogP contribution is 2.30. The Morgan fingerprint density at radius 3 is 2.68 bits per heavy atom. The van der Waals surface area contributed by atoms with Crippen LogP contribution in [0.5, 0.6) is 0 Å². The van der Waals surface area contributed by atoms with Gasteiger partial charge in [0.05, 0.1) is 5.56 Å². The Morgan fingerprint density at radius 2 is 2.00 bits per heavy atom. The van der Waals surface area contributed by atoms with Crippen LogP contribution < -0.4 is 0 Å². The van der Waals surface area contributed by atoms with Gasteiger partial charge in [-0.05, 0) is 45.8 Å². The maximum atomic E-state index is 13.3. The third-order valence-electron chi connectivity index (χ3n) is 2.49. The number of carboxylic acids is 1.